The first-order valence-electron chi connectivity index (χ1n) is 9.10. The molecule has 3 aromatic rings. The van der Waals surface area contributed by atoms with Crippen molar-refractivity contribution >= 4 is 34.1 Å². The Labute approximate surface area is 173 Å². The zero-order valence-electron chi connectivity index (χ0n) is 16.5. The van der Waals surface area contributed by atoms with Gasteiger partial charge in [-0.2, -0.15) is 0 Å². The first-order valence-corrected chi connectivity index (χ1v) is 9.98. The van der Waals surface area contributed by atoms with E-state index in [4.69, 9.17) is 4.74 Å². The molecule has 0 aliphatic carbocycles. The van der Waals surface area contributed by atoms with Crippen molar-refractivity contribution in [1.82, 2.24) is 4.90 Å². The van der Waals surface area contributed by atoms with Crippen LogP contribution < -0.4 is 4.74 Å². The molecule has 29 heavy (non-hydrogen) atoms. The Kier molecular flexibility index (Phi) is 6.39. The van der Waals surface area contributed by atoms with Crippen LogP contribution in [0.1, 0.15) is 12.5 Å². The Morgan fingerprint density at radius 1 is 1.10 bits per heavy atom. The Morgan fingerprint density at radius 2 is 1.76 bits per heavy atom. The number of fused-ring (bicyclic) bond motifs is 1. The van der Waals surface area contributed by atoms with Gasteiger partial charge in [0.25, 0.3) is 5.69 Å². The molecule has 0 spiro atoms. The predicted molar refractivity (Wildman–Crippen MR) is 115 cm³/mol. The second-order valence-electron chi connectivity index (χ2n) is 6.75. The van der Waals surface area contributed by atoms with Crippen molar-refractivity contribution < 1.29 is 14.5 Å². The van der Waals surface area contributed by atoms with E-state index in [1.807, 2.05) is 37.3 Å². The van der Waals surface area contributed by atoms with Crippen LogP contribution in [-0.2, 0) is 11.3 Å². The Morgan fingerprint density at radius 3 is 2.41 bits per heavy atom. The normalized spacial score (nSPS) is 11.8. The summed E-state index contributed by atoms with van der Waals surface area (Å²) in [6.07, 6.45) is 0. The minimum atomic E-state index is -0.434. The number of hydrogen-bond donors (Lipinski definition) is 0. The number of nitro groups is 1. The monoisotopic (exact) mass is 410 g/mol. The summed E-state index contributed by atoms with van der Waals surface area (Å²) < 4.78 is 5.25. The largest absolute Gasteiger partial charge is 0.497 e. The number of rotatable bonds is 7. The second kappa shape index (κ2) is 8.96. The molecule has 0 aliphatic heterocycles. The van der Waals surface area contributed by atoms with Gasteiger partial charge in [-0.05, 0) is 53.6 Å². The molecule has 0 saturated carbocycles. The highest BCUT2D eigenvalue weighted by atomic mass is 32.2. The second-order valence-corrected chi connectivity index (χ2v) is 8.17. The lowest BCUT2D eigenvalue weighted by molar-refractivity contribution is -0.384. The minimum absolute atomic E-state index is 0.00295. The van der Waals surface area contributed by atoms with Crippen molar-refractivity contribution in [1.29, 1.82) is 0 Å². The molecule has 7 heteroatoms. The maximum atomic E-state index is 12.8. The lowest BCUT2D eigenvalue weighted by Crippen LogP contribution is -2.32. The van der Waals surface area contributed by atoms with Crippen LogP contribution in [0, 0.1) is 10.1 Å². The van der Waals surface area contributed by atoms with Gasteiger partial charge < -0.3 is 9.64 Å². The molecule has 3 rings (SSSR count). The van der Waals surface area contributed by atoms with Crippen molar-refractivity contribution in [2.75, 3.05) is 14.2 Å². The van der Waals surface area contributed by atoms with Gasteiger partial charge in [0, 0.05) is 30.6 Å². The zero-order chi connectivity index (χ0) is 21.0. The van der Waals surface area contributed by atoms with Crippen LogP contribution in [-0.4, -0.2) is 35.1 Å². The highest BCUT2D eigenvalue weighted by molar-refractivity contribution is 8.00. The molecule has 0 saturated heterocycles. The van der Waals surface area contributed by atoms with Crippen molar-refractivity contribution in [3.05, 3.63) is 76.3 Å². The predicted octanol–water partition coefficient (Wildman–Crippen LogP) is 4.90. The standard InChI is InChI=1S/C22H22N2O4S/c1-15(29-21-10-7-19(8-11-21)24(26)27)22(25)23(2)14-16-4-5-18-13-20(28-3)9-6-17(18)12-16/h4-13,15H,14H2,1-3H3. The maximum Gasteiger partial charge on any atom is 0.269 e. The fourth-order valence-corrected chi connectivity index (χ4v) is 4.04. The molecule has 0 N–H and O–H groups in total. The molecule has 0 fully saturated rings. The molecular formula is C22H22N2O4S. The molecular weight excluding hydrogens is 388 g/mol. The van der Waals surface area contributed by atoms with Crippen LogP contribution in [0.3, 0.4) is 0 Å². The van der Waals surface area contributed by atoms with Crippen LogP contribution in [0.5, 0.6) is 5.75 Å². The van der Waals surface area contributed by atoms with Crippen molar-refractivity contribution in [2.45, 2.75) is 23.6 Å². The van der Waals surface area contributed by atoms with E-state index in [2.05, 4.69) is 6.07 Å². The summed E-state index contributed by atoms with van der Waals surface area (Å²) in [4.78, 5) is 25.6. The summed E-state index contributed by atoms with van der Waals surface area (Å²) in [7, 11) is 3.43. The smallest absolute Gasteiger partial charge is 0.269 e. The highest BCUT2D eigenvalue weighted by Crippen LogP contribution is 2.27. The number of nitrogens with zero attached hydrogens (tertiary/aromatic N) is 2. The van der Waals surface area contributed by atoms with E-state index >= 15 is 0 Å². The summed E-state index contributed by atoms with van der Waals surface area (Å²) in [6, 6.07) is 18.3. The molecule has 0 radical (unpaired) electrons. The number of carbonyl (C=O) groups is 1. The van der Waals surface area contributed by atoms with Gasteiger partial charge >= 0.3 is 0 Å². The van der Waals surface area contributed by atoms with Gasteiger partial charge in [-0.3, -0.25) is 14.9 Å². The van der Waals surface area contributed by atoms with E-state index in [0.717, 1.165) is 27.0 Å². The lowest BCUT2D eigenvalue weighted by Gasteiger charge is -2.21. The lowest BCUT2D eigenvalue weighted by atomic mass is 10.1. The fourth-order valence-electron chi connectivity index (χ4n) is 3.06. The van der Waals surface area contributed by atoms with Crippen molar-refractivity contribution in [3.63, 3.8) is 0 Å². The zero-order valence-corrected chi connectivity index (χ0v) is 17.3. The number of amides is 1. The van der Waals surface area contributed by atoms with Crippen LogP contribution in [0.4, 0.5) is 5.69 Å². The third-order valence-electron chi connectivity index (χ3n) is 4.62. The molecule has 1 atom stereocenters. The van der Waals surface area contributed by atoms with Crippen LogP contribution >= 0.6 is 11.8 Å². The third kappa shape index (κ3) is 5.06. The molecule has 150 valence electrons. The Bertz CT molecular complexity index is 1040. The number of methoxy groups -OCH3 is 1. The molecule has 0 heterocycles. The summed E-state index contributed by atoms with van der Waals surface area (Å²) in [5.41, 5.74) is 1.09. The SMILES string of the molecule is COc1ccc2cc(CN(C)C(=O)C(C)Sc3ccc([N+](=O)[O-])cc3)ccc2c1. The summed E-state index contributed by atoms with van der Waals surface area (Å²) in [6.45, 7) is 2.35. The van der Waals surface area contributed by atoms with Gasteiger partial charge in [0.2, 0.25) is 5.91 Å². The molecule has 3 aromatic carbocycles. The van der Waals surface area contributed by atoms with Crippen LogP contribution in [0.2, 0.25) is 0 Å². The van der Waals surface area contributed by atoms with Gasteiger partial charge in [0.1, 0.15) is 5.75 Å². The third-order valence-corrected chi connectivity index (χ3v) is 5.72. The van der Waals surface area contributed by atoms with Gasteiger partial charge in [0.05, 0.1) is 17.3 Å². The highest BCUT2D eigenvalue weighted by Gasteiger charge is 2.19. The number of benzene rings is 3. The fraction of sp³-hybridized carbons (Fsp3) is 0.227. The molecule has 6 nitrogen and oxygen atoms in total. The van der Waals surface area contributed by atoms with E-state index in [1.165, 1.54) is 23.9 Å². The number of ether oxygens (including phenoxy) is 1. The van der Waals surface area contributed by atoms with E-state index in [9.17, 15) is 14.9 Å². The van der Waals surface area contributed by atoms with Crippen LogP contribution in [0.15, 0.2) is 65.6 Å². The Balaban J connectivity index is 1.64. The average Bonchev–Trinajstić information content (AvgIpc) is 2.73. The summed E-state index contributed by atoms with van der Waals surface area (Å²) in [5, 5.41) is 12.6. The van der Waals surface area contributed by atoms with Gasteiger partial charge in [-0.15, -0.1) is 11.8 Å². The first kappa shape index (κ1) is 20.7. The van der Waals surface area contributed by atoms with Crippen molar-refractivity contribution in [3.8, 4) is 5.75 Å². The quantitative estimate of drug-likeness (QED) is 0.315. The van der Waals surface area contributed by atoms with Crippen LogP contribution in [0.25, 0.3) is 10.8 Å². The molecule has 1 amide bonds. The number of hydrogen-bond acceptors (Lipinski definition) is 5. The van der Waals surface area contributed by atoms with Gasteiger partial charge in [-0.1, -0.05) is 18.2 Å². The average molecular weight is 410 g/mol. The summed E-state index contributed by atoms with van der Waals surface area (Å²) >= 11 is 1.39. The van der Waals surface area contributed by atoms with E-state index < -0.39 is 4.92 Å². The molecule has 0 bridgehead atoms. The number of thioether (sulfide) groups is 1. The van der Waals surface area contributed by atoms with E-state index in [1.54, 1.807) is 31.2 Å². The Hall–Kier alpha value is -3.06. The summed E-state index contributed by atoms with van der Waals surface area (Å²) in [5.74, 6) is 0.817. The number of nitro benzene ring substituents is 1. The van der Waals surface area contributed by atoms with Gasteiger partial charge in [0.15, 0.2) is 0 Å². The first-order chi connectivity index (χ1) is 13.9. The molecule has 1 unspecified atom stereocenters. The number of non-ortho nitro benzene ring substituents is 1. The molecule has 0 aliphatic rings. The number of carbonyl (C=O) groups excluding carboxylic acids is 1. The topological polar surface area (TPSA) is 72.7 Å². The van der Waals surface area contributed by atoms with Gasteiger partial charge in [-0.25, -0.2) is 0 Å². The molecule has 0 aromatic heterocycles. The minimum Gasteiger partial charge on any atom is -0.497 e. The maximum absolute atomic E-state index is 12.8. The van der Waals surface area contributed by atoms with Crippen molar-refractivity contribution in [2.24, 2.45) is 0 Å². The van der Waals surface area contributed by atoms with E-state index in [-0.39, 0.29) is 16.8 Å². The van der Waals surface area contributed by atoms with E-state index in [0.29, 0.717) is 6.54 Å².